The van der Waals surface area contributed by atoms with Crippen LogP contribution in [0.1, 0.15) is 0 Å². The molecule has 0 radical (unpaired) electrons. The fourth-order valence-corrected chi connectivity index (χ4v) is 0.573. The summed E-state index contributed by atoms with van der Waals surface area (Å²) in [6, 6.07) is 0.285. The molecule has 0 saturated carbocycles. The molecule has 0 unspecified atom stereocenters. The summed E-state index contributed by atoms with van der Waals surface area (Å²) >= 11 is 0. The first-order valence-electron chi connectivity index (χ1n) is 2.59. The molecule has 0 aliphatic heterocycles. The van der Waals surface area contributed by atoms with E-state index in [1.165, 1.54) is 0 Å². The highest BCUT2D eigenvalue weighted by atomic mass is 19.2. The molecule has 0 atom stereocenters. The van der Waals surface area contributed by atoms with E-state index in [4.69, 9.17) is 10.2 Å². The minimum absolute atomic E-state index is 0.285. The Morgan fingerprint density at radius 1 is 1.00 bits per heavy atom. The van der Waals surface area contributed by atoms with Crippen LogP contribution in [0, 0.1) is 17.5 Å². The van der Waals surface area contributed by atoms with E-state index >= 15 is 0 Å². The van der Waals surface area contributed by atoms with Gasteiger partial charge in [0.1, 0.15) is 0 Å². The van der Waals surface area contributed by atoms with Gasteiger partial charge in [-0.05, 0) is 0 Å². The van der Waals surface area contributed by atoms with E-state index in [1.807, 2.05) is 0 Å². The van der Waals surface area contributed by atoms with Crippen molar-refractivity contribution in [3.63, 3.8) is 0 Å². The first-order valence-corrected chi connectivity index (χ1v) is 2.59. The van der Waals surface area contributed by atoms with E-state index < -0.39 is 29.0 Å². The second kappa shape index (κ2) is 2.34. The third-order valence-electron chi connectivity index (χ3n) is 1.12. The molecule has 0 aliphatic rings. The Kier molecular flexibility index (Phi) is 1.64. The Morgan fingerprint density at radius 2 is 1.55 bits per heavy atom. The number of rotatable bonds is 0. The van der Waals surface area contributed by atoms with Gasteiger partial charge in [0.25, 0.3) is 0 Å². The van der Waals surface area contributed by atoms with Crippen LogP contribution in [-0.4, -0.2) is 10.2 Å². The minimum Gasteiger partial charge on any atom is -0.505 e. The molecule has 0 aromatic heterocycles. The molecule has 60 valence electrons. The first-order chi connectivity index (χ1) is 5.04. The molecular weight excluding hydrogens is 161 g/mol. The van der Waals surface area contributed by atoms with Crippen molar-refractivity contribution >= 4 is 0 Å². The lowest BCUT2D eigenvalue weighted by atomic mass is 10.3. The van der Waals surface area contributed by atoms with Crippen LogP contribution in [0.15, 0.2) is 6.07 Å². The second-order valence-corrected chi connectivity index (χ2v) is 1.85. The third-order valence-corrected chi connectivity index (χ3v) is 1.12. The van der Waals surface area contributed by atoms with Gasteiger partial charge in [-0.2, -0.15) is 8.78 Å². The molecule has 11 heavy (non-hydrogen) atoms. The van der Waals surface area contributed by atoms with Crippen LogP contribution in [0.5, 0.6) is 11.5 Å². The molecule has 5 heteroatoms. The average molecular weight is 164 g/mol. The van der Waals surface area contributed by atoms with Crippen molar-refractivity contribution in [1.82, 2.24) is 0 Å². The van der Waals surface area contributed by atoms with Gasteiger partial charge in [-0.15, -0.1) is 0 Å². The monoisotopic (exact) mass is 164 g/mol. The Morgan fingerprint density at radius 3 is 2.09 bits per heavy atom. The van der Waals surface area contributed by atoms with Crippen LogP contribution in [0.25, 0.3) is 0 Å². The number of aromatic hydroxyl groups is 2. The van der Waals surface area contributed by atoms with Gasteiger partial charge in [0.15, 0.2) is 17.3 Å². The van der Waals surface area contributed by atoms with Crippen LogP contribution in [0.4, 0.5) is 13.2 Å². The number of phenolic OH excluding ortho intramolecular Hbond substituents is 2. The quantitative estimate of drug-likeness (QED) is 0.450. The van der Waals surface area contributed by atoms with Crippen molar-refractivity contribution in [2.24, 2.45) is 0 Å². The molecule has 2 N–H and O–H groups in total. The number of phenols is 2. The minimum atomic E-state index is -1.79. The predicted molar refractivity (Wildman–Crippen MR) is 29.6 cm³/mol. The molecule has 0 spiro atoms. The largest absolute Gasteiger partial charge is 0.505 e. The second-order valence-electron chi connectivity index (χ2n) is 1.85. The Hall–Kier alpha value is -1.39. The number of hydrogen-bond donors (Lipinski definition) is 2. The number of halogens is 3. The van der Waals surface area contributed by atoms with Crippen LogP contribution in [0.2, 0.25) is 0 Å². The average Bonchev–Trinajstić information content (AvgIpc) is 1.97. The summed E-state index contributed by atoms with van der Waals surface area (Å²) in [7, 11) is 0. The van der Waals surface area contributed by atoms with Gasteiger partial charge >= 0.3 is 0 Å². The highest BCUT2D eigenvalue weighted by Gasteiger charge is 2.16. The zero-order valence-electron chi connectivity index (χ0n) is 5.11. The summed E-state index contributed by atoms with van der Waals surface area (Å²) in [4.78, 5) is 0. The van der Waals surface area contributed by atoms with E-state index in [9.17, 15) is 13.2 Å². The van der Waals surface area contributed by atoms with E-state index in [-0.39, 0.29) is 6.07 Å². The molecule has 0 aliphatic carbocycles. The first kappa shape index (κ1) is 7.71. The molecule has 1 rings (SSSR count). The Balaban J connectivity index is 3.46. The molecule has 0 bridgehead atoms. The molecule has 0 fully saturated rings. The predicted octanol–water partition coefficient (Wildman–Crippen LogP) is 1.52. The smallest absolute Gasteiger partial charge is 0.207 e. The molecule has 1 aromatic carbocycles. The maximum absolute atomic E-state index is 12.2. The summed E-state index contributed by atoms with van der Waals surface area (Å²) in [5.41, 5.74) is 0. The number of benzene rings is 1. The molecule has 1 aromatic rings. The van der Waals surface area contributed by atoms with Gasteiger partial charge in [-0.25, -0.2) is 4.39 Å². The van der Waals surface area contributed by atoms with Gasteiger partial charge in [0, 0.05) is 6.07 Å². The van der Waals surface area contributed by atoms with Crippen molar-refractivity contribution in [3.8, 4) is 11.5 Å². The van der Waals surface area contributed by atoms with E-state index in [0.29, 0.717) is 0 Å². The lowest BCUT2D eigenvalue weighted by molar-refractivity contribution is 0.351. The molecule has 2 nitrogen and oxygen atoms in total. The lowest BCUT2D eigenvalue weighted by Crippen LogP contribution is -1.88. The summed E-state index contributed by atoms with van der Waals surface area (Å²) in [5, 5.41) is 16.8. The van der Waals surface area contributed by atoms with Gasteiger partial charge in [-0.1, -0.05) is 0 Å². The fraction of sp³-hybridized carbons (Fsp3) is 0. The zero-order valence-corrected chi connectivity index (χ0v) is 5.11. The fourth-order valence-electron chi connectivity index (χ4n) is 0.573. The summed E-state index contributed by atoms with van der Waals surface area (Å²) in [6.45, 7) is 0. The number of hydrogen-bond acceptors (Lipinski definition) is 2. The van der Waals surface area contributed by atoms with E-state index in [0.717, 1.165) is 0 Å². The SMILES string of the molecule is Oc1cc(F)c(O)c(F)c1F. The highest BCUT2D eigenvalue weighted by Crippen LogP contribution is 2.28. The van der Waals surface area contributed by atoms with Crippen molar-refractivity contribution in [1.29, 1.82) is 0 Å². The Bertz CT molecular complexity index is 272. The van der Waals surface area contributed by atoms with Gasteiger partial charge in [0.2, 0.25) is 11.6 Å². The van der Waals surface area contributed by atoms with Crippen molar-refractivity contribution in [2.75, 3.05) is 0 Å². The summed E-state index contributed by atoms with van der Waals surface area (Å²) in [6.07, 6.45) is 0. The normalized spacial score (nSPS) is 10.1. The highest BCUT2D eigenvalue weighted by molar-refractivity contribution is 5.34. The summed E-state index contributed by atoms with van der Waals surface area (Å²) in [5.74, 6) is -7.45. The van der Waals surface area contributed by atoms with Crippen LogP contribution < -0.4 is 0 Å². The maximum Gasteiger partial charge on any atom is 0.207 e. The van der Waals surface area contributed by atoms with E-state index in [1.54, 1.807) is 0 Å². The topological polar surface area (TPSA) is 40.5 Å². The third kappa shape index (κ3) is 1.09. The van der Waals surface area contributed by atoms with Crippen molar-refractivity contribution in [2.45, 2.75) is 0 Å². The van der Waals surface area contributed by atoms with E-state index in [2.05, 4.69) is 0 Å². The standard InChI is InChI=1S/C6H3F3O2/c7-2-1-3(10)4(8)5(9)6(2)11/h1,10-11H. The van der Waals surface area contributed by atoms with Crippen molar-refractivity contribution in [3.05, 3.63) is 23.5 Å². The Labute approximate surface area is 59.5 Å². The summed E-state index contributed by atoms with van der Waals surface area (Å²) < 4.78 is 36.7. The molecule has 0 heterocycles. The van der Waals surface area contributed by atoms with Gasteiger partial charge in [0.05, 0.1) is 0 Å². The van der Waals surface area contributed by atoms with Crippen molar-refractivity contribution < 1.29 is 23.4 Å². The van der Waals surface area contributed by atoms with Crippen LogP contribution in [-0.2, 0) is 0 Å². The van der Waals surface area contributed by atoms with Gasteiger partial charge in [-0.3, -0.25) is 0 Å². The van der Waals surface area contributed by atoms with Gasteiger partial charge < -0.3 is 10.2 Å². The molecule has 0 saturated heterocycles. The zero-order chi connectivity index (χ0) is 8.59. The molecule has 0 amide bonds. The molecular formula is C6H3F3O2. The van der Waals surface area contributed by atoms with Crippen LogP contribution in [0.3, 0.4) is 0 Å². The van der Waals surface area contributed by atoms with Crippen LogP contribution >= 0.6 is 0 Å². The maximum atomic E-state index is 12.2. The lowest BCUT2D eigenvalue weighted by Gasteiger charge is -1.99.